The van der Waals surface area contributed by atoms with Crippen LogP contribution >= 0.6 is 0 Å². The number of hydrogen-bond acceptors (Lipinski definition) is 6. The van der Waals surface area contributed by atoms with Gasteiger partial charge < -0.3 is 10.2 Å². The van der Waals surface area contributed by atoms with Gasteiger partial charge in [-0.05, 0) is 85.6 Å². The molecule has 0 aliphatic rings. The summed E-state index contributed by atoms with van der Waals surface area (Å²) < 4.78 is 0. The number of benzene rings is 4. The van der Waals surface area contributed by atoms with E-state index in [1.807, 2.05) is 98.8 Å². The summed E-state index contributed by atoms with van der Waals surface area (Å²) in [7, 11) is 0. The van der Waals surface area contributed by atoms with Crippen LogP contribution in [0.4, 0.5) is 22.7 Å². The van der Waals surface area contributed by atoms with Gasteiger partial charge in [-0.3, -0.25) is 9.98 Å². The van der Waals surface area contributed by atoms with Gasteiger partial charge in [0.15, 0.2) is 0 Å². The van der Waals surface area contributed by atoms with E-state index in [1.54, 1.807) is 12.4 Å². The summed E-state index contributed by atoms with van der Waals surface area (Å²) in [5, 5.41) is 28.7. The molecule has 6 heteroatoms. The predicted octanol–water partition coefficient (Wildman–Crippen LogP) is 7.63. The molecule has 0 heterocycles. The van der Waals surface area contributed by atoms with Crippen LogP contribution in [0.1, 0.15) is 22.3 Å². The van der Waals surface area contributed by atoms with Crippen LogP contribution in [0.25, 0.3) is 0 Å². The van der Waals surface area contributed by atoms with E-state index in [4.69, 9.17) is 0 Å². The minimum absolute atomic E-state index is 0.238. The fourth-order valence-corrected chi connectivity index (χ4v) is 3.19. The van der Waals surface area contributed by atoms with Crippen molar-refractivity contribution in [1.82, 2.24) is 0 Å². The maximum atomic E-state index is 10.1. The van der Waals surface area contributed by atoms with Crippen molar-refractivity contribution in [2.45, 2.75) is 13.8 Å². The highest BCUT2D eigenvalue weighted by atomic mass is 16.3. The third-order valence-corrected chi connectivity index (χ3v) is 5.22. The average Bonchev–Trinajstić information content (AvgIpc) is 2.86. The highest BCUT2D eigenvalue weighted by Gasteiger charge is 2.02. The van der Waals surface area contributed by atoms with Crippen molar-refractivity contribution in [2.24, 2.45) is 20.2 Å². The Morgan fingerprint density at radius 2 is 0.853 bits per heavy atom. The Morgan fingerprint density at radius 3 is 1.24 bits per heavy atom. The molecule has 4 rings (SSSR count). The van der Waals surface area contributed by atoms with Crippen LogP contribution in [0.15, 0.2) is 105 Å². The van der Waals surface area contributed by atoms with Gasteiger partial charge in [0.1, 0.15) is 11.5 Å². The summed E-state index contributed by atoms with van der Waals surface area (Å²) in [4.78, 5) is 8.82. The van der Waals surface area contributed by atoms with E-state index < -0.39 is 0 Å². The lowest BCUT2D eigenvalue weighted by Crippen LogP contribution is -1.84. The van der Waals surface area contributed by atoms with Gasteiger partial charge >= 0.3 is 0 Å². The second-order valence-electron chi connectivity index (χ2n) is 7.77. The summed E-state index contributed by atoms with van der Waals surface area (Å²) in [5.74, 6) is 0.475. The Labute approximate surface area is 198 Å². The van der Waals surface area contributed by atoms with E-state index in [0.29, 0.717) is 22.5 Å². The number of aromatic hydroxyl groups is 2. The smallest absolute Gasteiger partial charge is 0.127 e. The molecule has 2 N–H and O–H groups in total. The van der Waals surface area contributed by atoms with Gasteiger partial charge in [-0.1, -0.05) is 24.3 Å². The van der Waals surface area contributed by atoms with Gasteiger partial charge in [0, 0.05) is 23.6 Å². The molecule has 6 nitrogen and oxygen atoms in total. The van der Waals surface area contributed by atoms with Crippen molar-refractivity contribution in [3.8, 4) is 11.5 Å². The number of hydrogen-bond donors (Lipinski definition) is 2. The highest BCUT2D eigenvalue weighted by molar-refractivity contribution is 5.86. The number of phenols is 2. The highest BCUT2D eigenvalue weighted by Crippen LogP contribution is 2.25. The molecule has 0 aliphatic carbocycles. The Morgan fingerprint density at radius 1 is 0.500 bits per heavy atom. The van der Waals surface area contributed by atoms with Gasteiger partial charge in [0.25, 0.3) is 0 Å². The molecule has 0 aliphatic heterocycles. The lowest BCUT2D eigenvalue weighted by atomic mass is 10.1. The lowest BCUT2D eigenvalue weighted by molar-refractivity contribution is 0.470. The first-order valence-electron chi connectivity index (χ1n) is 10.8. The van der Waals surface area contributed by atoms with Crippen LogP contribution in [0.5, 0.6) is 11.5 Å². The number of rotatable bonds is 6. The first kappa shape index (κ1) is 22.6. The predicted molar refractivity (Wildman–Crippen MR) is 137 cm³/mol. The molecule has 0 atom stereocenters. The summed E-state index contributed by atoms with van der Waals surface area (Å²) in [6.07, 6.45) is 3.28. The van der Waals surface area contributed by atoms with E-state index in [9.17, 15) is 10.2 Å². The van der Waals surface area contributed by atoms with E-state index in [0.717, 1.165) is 22.5 Å². The lowest BCUT2D eigenvalue weighted by Gasteiger charge is -2.02. The standard InChI is InChI=1S/C28H24N4O2/c1-19-5-3-7-21(27(19)33)17-29-23-9-13-25(14-10-23)31-32-26-15-11-24(12-16-26)30-18-22-8-4-6-20(2)28(22)34/h3-18,33-34H,1-2H3. The van der Waals surface area contributed by atoms with Crippen LogP contribution in [0.2, 0.25) is 0 Å². The van der Waals surface area contributed by atoms with Gasteiger partial charge in [-0.15, -0.1) is 0 Å². The third kappa shape index (κ3) is 5.61. The number of azo groups is 1. The quantitative estimate of drug-likeness (QED) is 0.234. The molecule has 0 bridgehead atoms. The first-order valence-corrected chi connectivity index (χ1v) is 10.8. The Hall–Kier alpha value is -4.58. The molecule has 0 fully saturated rings. The number of para-hydroxylation sites is 2. The molecule has 4 aromatic rings. The van der Waals surface area contributed by atoms with Gasteiger partial charge in [-0.2, -0.15) is 10.2 Å². The third-order valence-electron chi connectivity index (χ3n) is 5.22. The first-order chi connectivity index (χ1) is 16.5. The fraction of sp³-hybridized carbons (Fsp3) is 0.0714. The number of nitrogens with zero attached hydrogens (tertiary/aromatic N) is 4. The summed E-state index contributed by atoms with van der Waals surface area (Å²) in [6, 6.07) is 25.8. The Bertz CT molecular complexity index is 1270. The van der Waals surface area contributed by atoms with Crippen LogP contribution in [-0.2, 0) is 0 Å². The van der Waals surface area contributed by atoms with Crippen LogP contribution in [0, 0.1) is 13.8 Å². The fourth-order valence-electron chi connectivity index (χ4n) is 3.19. The van der Waals surface area contributed by atoms with Gasteiger partial charge in [0.2, 0.25) is 0 Å². The molecule has 0 unspecified atom stereocenters. The van der Waals surface area contributed by atoms with Crippen molar-refractivity contribution in [2.75, 3.05) is 0 Å². The average molecular weight is 449 g/mol. The van der Waals surface area contributed by atoms with Crippen molar-refractivity contribution in [3.05, 3.63) is 107 Å². The van der Waals surface area contributed by atoms with Crippen molar-refractivity contribution < 1.29 is 10.2 Å². The monoisotopic (exact) mass is 448 g/mol. The van der Waals surface area contributed by atoms with Crippen LogP contribution in [0.3, 0.4) is 0 Å². The molecular weight excluding hydrogens is 424 g/mol. The van der Waals surface area contributed by atoms with Gasteiger partial charge in [-0.25, -0.2) is 0 Å². The Balaban J connectivity index is 1.39. The summed E-state index contributed by atoms with van der Waals surface area (Å²) in [5.41, 5.74) is 5.88. The number of aryl methyl sites for hydroxylation is 2. The van der Waals surface area contributed by atoms with E-state index in [1.165, 1.54) is 0 Å². The summed E-state index contributed by atoms with van der Waals surface area (Å²) >= 11 is 0. The normalized spacial score (nSPS) is 11.7. The maximum Gasteiger partial charge on any atom is 0.127 e. The second kappa shape index (κ2) is 10.4. The van der Waals surface area contributed by atoms with Crippen LogP contribution in [-0.4, -0.2) is 22.6 Å². The molecule has 0 spiro atoms. The minimum Gasteiger partial charge on any atom is -0.507 e. The number of phenolic OH excluding ortho intramolecular Hbond substituents is 2. The van der Waals surface area contributed by atoms with Crippen LogP contribution < -0.4 is 0 Å². The van der Waals surface area contributed by atoms with Crippen molar-refractivity contribution in [3.63, 3.8) is 0 Å². The Kier molecular flexibility index (Phi) is 6.89. The molecule has 0 saturated carbocycles. The second-order valence-corrected chi connectivity index (χ2v) is 7.77. The SMILES string of the molecule is Cc1cccc(C=Nc2ccc(N=Nc3ccc(N=Cc4cccc(C)c4O)cc3)cc2)c1O. The van der Waals surface area contributed by atoms with Gasteiger partial charge in [0.05, 0.1) is 22.7 Å². The van der Waals surface area contributed by atoms with E-state index in [-0.39, 0.29) is 11.5 Å². The van der Waals surface area contributed by atoms with Crippen molar-refractivity contribution >= 4 is 35.2 Å². The molecule has 168 valence electrons. The molecule has 0 saturated heterocycles. The molecule has 0 aromatic heterocycles. The topological polar surface area (TPSA) is 89.9 Å². The maximum absolute atomic E-state index is 10.1. The zero-order valence-corrected chi connectivity index (χ0v) is 18.9. The number of aliphatic imine (C=N–C) groups is 2. The molecule has 0 amide bonds. The largest absolute Gasteiger partial charge is 0.507 e. The summed E-state index contributed by atoms with van der Waals surface area (Å²) in [6.45, 7) is 3.70. The molecular formula is C28H24N4O2. The minimum atomic E-state index is 0.238. The van der Waals surface area contributed by atoms with E-state index in [2.05, 4.69) is 20.2 Å². The molecule has 4 aromatic carbocycles. The molecule has 0 radical (unpaired) electrons. The van der Waals surface area contributed by atoms with E-state index >= 15 is 0 Å². The molecule has 34 heavy (non-hydrogen) atoms. The van der Waals surface area contributed by atoms with Crippen molar-refractivity contribution in [1.29, 1.82) is 0 Å². The zero-order valence-electron chi connectivity index (χ0n) is 18.9. The zero-order chi connectivity index (χ0) is 23.9.